The molecule has 0 spiro atoms. The smallest absolute Gasteiger partial charge is 0.342 e. The lowest BCUT2D eigenvalue weighted by molar-refractivity contribution is -0.370. The van der Waals surface area contributed by atoms with Gasteiger partial charge in [0.25, 0.3) is 0 Å². The van der Waals surface area contributed by atoms with Gasteiger partial charge in [0, 0.05) is 69.7 Å². The number of carbonyl (C=O) groups is 2. The second-order valence-corrected chi connectivity index (χ2v) is 23.3. The zero-order chi connectivity index (χ0) is 55.9. The van der Waals surface area contributed by atoms with Crippen LogP contribution in [0.3, 0.4) is 0 Å². The number of aromatic amines is 2. The number of nitriles is 1. The first-order valence-electron chi connectivity index (χ1n) is 24.0. The molecule has 2 aromatic carbocycles. The molecule has 0 saturated heterocycles. The summed E-state index contributed by atoms with van der Waals surface area (Å²) in [6.45, 7) is 9.57. The predicted molar refractivity (Wildman–Crippen MR) is 242 cm³/mol. The molecular formula is C52H46F15N7O2. The van der Waals surface area contributed by atoms with Crippen LogP contribution in [-0.2, 0) is 26.6 Å². The second kappa shape index (κ2) is 15.9. The predicted octanol–water partition coefficient (Wildman–Crippen LogP) is 14.5. The van der Waals surface area contributed by atoms with E-state index in [0.29, 0.717) is 6.07 Å². The molecule has 0 radical (unpaired) electrons. The highest BCUT2D eigenvalue weighted by atomic mass is 19.4. The fourth-order valence-electron chi connectivity index (χ4n) is 13.3. The van der Waals surface area contributed by atoms with E-state index < -0.39 is 130 Å². The van der Waals surface area contributed by atoms with Gasteiger partial charge in [0.05, 0.1) is 33.7 Å². The fourth-order valence-corrected chi connectivity index (χ4v) is 13.3. The summed E-state index contributed by atoms with van der Waals surface area (Å²) in [4.78, 5) is 30.4. The molecule has 6 aliphatic rings. The third kappa shape index (κ3) is 7.34. The Balaban J connectivity index is 1.22. The lowest BCUT2D eigenvalue weighted by Gasteiger charge is -2.51. The summed E-state index contributed by atoms with van der Waals surface area (Å²) < 4.78 is 221. The average molecular weight is 1090 g/mol. The number of H-pyrrole nitrogens is 2. The topological polar surface area (TPSA) is 131 Å². The maximum atomic E-state index is 16.3. The van der Waals surface area contributed by atoms with Crippen molar-refractivity contribution in [1.82, 2.24) is 20.4 Å². The van der Waals surface area contributed by atoms with E-state index in [-0.39, 0.29) is 93.2 Å². The van der Waals surface area contributed by atoms with Crippen LogP contribution in [0.15, 0.2) is 65.0 Å². The molecule has 2 fully saturated rings. The van der Waals surface area contributed by atoms with E-state index >= 15 is 13.2 Å². The summed E-state index contributed by atoms with van der Waals surface area (Å²) in [5.41, 5.74) is -17.6. The van der Waals surface area contributed by atoms with Crippen molar-refractivity contribution >= 4 is 28.9 Å². The lowest BCUT2D eigenvalue weighted by atomic mass is 9.56. The maximum Gasteiger partial charge on any atom is 0.418 e. The zero-order valence-corrected chi connectivity index (χ0v) is 41.1. The number of fused-ring (bicyclic) bond motifs is 2. The van der Waals surface area contributed by atoms with Gasteiger partial charge in [-0.15, -0.1) is 0 Å². The maximum absolute atomic E-state index is 16.3. The highest BCUT2D eigenvalue weighted by molar-refractivity contribution is 6.05. The molecule has 4 aliphatic carbocycles. The Morgan fingerprint density at radius 3 is 1.62 bits per heavy atom. The Hall–Kier alpha value is -6.28. The number of rotatable bonds is 5. The van der Waals surface area contributed by atoms with E-state index in [2.05, 4.69) is 25.7 Å². The SMILES string of the molecule is CC1(C)CC(=O)C2=C(C1)Nc1n[nH]c(C3CC(C(F)(F)F)(C(F)(F)F)C3)c1C2(C)c1ccc(N2C3=C(C(=O)CC(C)(C)C3)C(C)(c3cccc(C#N)c3)c3c2n[nH]c3C2CC(C(F)(F)F)(C(F)(F)F)C2)c(C(F)(F)F)c1. The van der Waals surface area contributed by atoms with Crippen molar-refractivity contribution in [2.24, 2.45) is 21.7 Å². The van der Waals surface area contributed by atoms with Crippen LogP contribution in [0, 0.1) is 33.0 Å². The summed E-state index contributed by atoms with van der Waals surface area (Å²) in [6, 6.07) is 10.4. The van der Waals surface area contributed by atoms with Crippen molar-refractivity contribution in [2.75, 3.05) is 10.2 Å². The van der Waals surface area contributed by atoms with Gasteiger partial charge in [-0.1, -0.05) is 45.9 Å². The number of hydrogen-bond acceptors (Lipinski definition) is 7. The van der Waals surface area contributed by atoms with Crippen LogP contribution in [0.1, 0.15) is 150 Å². The first-order chi connectivity index (χ1) is 34.8. The van der Waals surface area contributed by atoms with Crippen LogP contribution in [-0.4, -0.2) is 56.7 Å². The number of aromatic nitrogens is 4. The van der Waals surface area contributed by atoms with E-state index in [9.17, 15) is 67.5 Å². The minimum absolute atomic E-state index is 0.0243. The molecule has 0 bridgehead atoms. The number of carbonyl (C=O) groups excluding carboxylic acids is 2. The highest BCUT2D eigenvalue weighted by Crippen LogP contribution is 2.70. The van der Waals surface area contributed by atoms with Gasteiger partial charge < -0.3 is 5.32 Å². The number of alkyl halides is 15. The second-order valence-electron chi connectivity index (χ2n) is 23.3. The van der Waals surface area contributed by atoms with E-state index in [1.165, 1.54) is 44.2 Å². The Morgan fingerprint density at radius 1 is 0.605 bits per heavy atom. The molecule has 2 aliphatic heterocycles. The molecule has 4 heterocycles. The van der Waals surface area contributed by atoms with Crippen LogP contribution in [0.25, 0.3) is 0 Å². The lowest BCUT2D eigenvalue weighted by Crippen LogP contribution is -2.57. The third-order valence-corrected chi connectivity index (χ3v) is 17.1. The first kappa shape index (κ1) is 53.1. The number of Topliss-reactive ketones (excluding diaryl/α,β-unsaturated/α-hetero) is 2. The van der Waals surface area contributed by atoms with Gasteiger partial charge in [-0.25, -0.2) is 0 Å². The fraction of sp³-hybridized carbons (Fsp3) is 0.519. The number of halogens is 15. The van der Waals surface area contributed by atoms with Crippen molar-refractivity contribution in [1.29, 1.82) is 5.26 Å². The average Bonchev–Trinajstić information content (AvgIpc) is 3.85. The summed E-state index contributed by atoms with van der Waals surface area (Å²) in [7, 11) is 0. The zero-order valence-electron chi connectivity index (χ0n) is 41.1. The first-order valence-corrected chi connectivity index (χ1v) is 24.0. The van der Waals surface area contributed by atoms with Gasteiger partial charge >= 0.3 is 30.9 Å². The summed E-state index contributed by atoms with van der Waals surface area (Å²) in [5.74, 6) is -4.96. The molecule has 2 atom stereocenters. The number of anilines is 3. The molecule has 2 aromatic heterocycles. The summed E-state index contributed by atoms with van der Waals surface area (Å²) in [5, 5.41) is 26.7. The molecule has 24 heteroatoms. The molecule has 406 valence electrons. The molecule has 4 aromatic rings. The summed E-state index contributed by atoms with van der Waals surface area (Å²) >= 11 is 0. The Bertz CT molecular complexity index is 3220. The molecule has 2 saturated carbocycles. The minimum atomic E-state index is -5.78. The molecule has 0 amide bonds. The molecule has 2 unspecified atom stereocenters. The van der Waals surface area contributed by atoms with Gasteiger partial charge in [-0.2, -0.15) is 81.3 Å². The number of ketones is 2. The van der Waals surface area contributed by atoms with E-state index in [1.54, 1.807) is 27.7 Å². The quantitative estimate of drug-likeness (QED) is 0.170. The number of allylic oxidation sites excluding steroid dienone is 4. The molecule has 76 heavy (non-hydrogen) atoms. The monoisotopic (exact) mass is 1090 g/mol. The van der Waals surface area contributed by atoms with Gasteiger partial charge in [0.15, 0.2) is 34.0 Å². The van der Waals surface area contributed by atoms with Gasteiger partial charge in [0.2, 0.25) is 0 Å². The normalized spacial score (nSPS) is 25.4. The van der Waals surface area contributed by atoms with Crippen molar-refractivity contribution in [3.63, 3.8) is 0 Å². The van der Waals surface area contributed by atoms with Crippen LogP contribution in [0.2, 0.25) is 0 Å². The van der Waals surface area contributed by atoms with Crippen molar-refractivity contribution in [3.05, 3.63) is 110 Å². The van der Waals surface area contributed by atoms with E-state index in [0.717, 1.165) is 11.0 Å². The van der Waals surface area contributed by atoms with Gasteiger partial charge in [0.1, 0.15) is 0 Å². The molecule has 3 N–H and O–H groups in total. The Morgan fingerprint density at radius 2 is 1.09 bits per heavy atom. The molecular weight excluding hydrogens is 1040 g/mol. The van der Waals surface area contributed by atoms with Crippen LogP contribution < -0.4 is 10.2 Å². The summed E-state index contributed by atoms with van der Waals surface area (Å²) in [6.07, 6.45) is -35.0. The standard InChI is InChI=1S/C52H46F15N7O2/c1-42(2)18-29-34(32(75)20-42)44(5,36-38(70-72-40(36)69-29)24-14-46(15-24,49(56,57)58)50(59,60)61)27-10-11-30(28(13-27)48(53,54)55)74-31-19-43(3,4)21-33(76)35(31)45(6,26-9-7-8-23(12-26)22-68)37-39(71-73-41(37)74)25-16-47(17-25,51(62,63)64)52(65,66)67/h7-13,24-25H,14-21H2,1-6H3,(H,71,73)(H2,69,70,72). The third-order valence-electron chi connectivity index (χ3n) is 17.1. The number of nitrogens with one attached hydrogen (secondary N) is 3. The van der Waals surface area contributed by atoms with Crippen LogP contribution in [0.4, 0.5) is 83.2 Å². The molecule has 10 rings (SSSR count). The number of benzene rings is 2. The van der Waals surface area contributed by atoms with Crippen LogP contribution in [0.5, 0.6) is 0 Å². The Labute approximate surface area is 423 Å². The number of hydrogen-bond donors (Lipinski definition) is 3. The highest BCUT2D eigenvalue weighted by Gasteiger charge is 2.77. The van der Waals surface area contributed by atoms with Crippen molar-refractivity contribution in [3.8, 4) is 6.07 Å². The van der Waals surface area contributed by atoms with E-state index in [4.69, 9.17) is 0 Å². The number of nitrogens with zero attached hydrogens (tertiary/aromatic N) is 4. The minimum Gasteiger partial charge on any atom is -0.342 e. The van der Waals surface area contributed by atoms with Gasteiger partial charge in [-0.3, -0.25) is 24.7 Å². The Kier molecular flexibility index (Phi) is 11.1. The van der Waals surface area contributed by atoms with Crippen LogP contribution >= 0.6 is 0 Å². The molecule has 9 nitrogen and oxygen atoms in total. The van der Waals surface area contributed by atoms with E-state index in [1.807, 2.05) is 6.07 Å². The van der Waals surface area contributed by atoms with Crippen molar-refractivity contribution in [2.45, 2.75) is 146 Å². The van der Waals surface area contributed by atoms with Crippen molar-refractivity contribution < 1.29 is 75.4 Å². The van der Waals surface area contributed by atoms with Gasteiger partial charge in [-0.05, 0) is 98.6 Å². The largest absolute Gasteiger partial charge is 0.418 e.